The van der Waals surface area contributed by atoms with Crippen LogP contribution in [0.3, 0.4) is 0 Å². The number of carbonyl (C=O) groups is 2. The SMILES string of the molecule is CCN(C(=O)c1ccc(-c2ccc(OCCCCC3CO3)cc2)cc1)c1cccc(OC(=O)c2ccc(-c3ccc(OCCCCC4CO4)cc3)cc2)c1. The van der Waals surface area contributed by atoms with Crippen molar-refractivity contribution in [2.75, 3.05) is 37.9 Å². The molecule has 0 saturated carbocycles. The van der Waals surface area contributed by atoms with Crippen molar-refractivity contribution < 1.29 is 33.3 Å². The molecule has 8 heteroatoms. The second kappa shape index (κ2) is 18.1. The van der Waals surface area contributed by atoms with Crippen LogP contribution in [0.1, 0.15) is 66.2 Å². The van der Waals surface area contributed by atoms with Crippen molar-refractivity contribution in [1.82, 2.24) is 0 Å². The fourth-order valence-electron chi connectivity index (χ4n) is 6.37. The maximum absolute atomic E-state index is 13.7. The lowest BCUT2D eigenvalue weighted by Gasteiger charge is -2.22. The molecule has 0 aromatic heterocycles. The zero-order valence-corrected chi connectivity index (χ0v) is 30.8. The van der Waals surface area contributed by atoms with Crippen LogP contribution in [0.2, 0.25) is 0 Å². The summed E-state index contributed by atoms with van der Waals surface area (Å²) in [5.74, 6) is 1.44. The molecule has 2 aliphatic heterocycles. The summed E-state index contributed by atoms with van der Waals surface area (Å²) in [5.41, 5.74) is 5.71. The van der Waals surface area contributed by atoms with E-state index in [0.717, 1.165) is 85.5 Å². The van der Waals surface area contributed by atoms with E-state index in [2.05, 4.69) is 0 Å². The first-order valence-electron chi connectivity index (χ1n) is 19.1. The fourth-order valence-corrected chi connectivity index (χ4v) is 6.37. The summed E-state index contributed by atoms with van der Waals surface area (Å²) in [6.07, 6.45) is 7.42. The Morgan fingerprint density at radius 2 is 1.06 bits per heavy atom. The minimum atomic E-state index is -0.473. The number of amides is 1. The van der Waals surface area contributed by atoms with E-state index in [9.17, 15) is 9.59 Å². The van der Waals surface area contributed by atoms with Crippen molar-refractivity contribution in [3.05, 3.63) is 132 Å². The van der Waals surface area contributed by atoms with Crippen LogP contribution in [0.4, 0.5) is 5.69 Å². The van der Waals surface area contributed by atoms with E-state index in [4.69, 9.17) is 23.7 Å². The first-order valence-corrected chi connectivity index (χ1v) is 19.1. The molecule has 1 amide bonds. The summed E-state index contributed by atoms with van der Waals surface area (Å²) >= 11 is 0. The number of carbonyl (C=O) groups excluding carboxylic acids is 2. The van der Waals surface area contributed by atoms with Gasteiger partial charge in [-0.05, 0) is 128 Å². The Morgan fingerprint density at radius 3 is 1.52 bits per heavy atom. The van der Waals surface area contributed by atoms with Crippen LogP contribution in [-0.2, 0) is 9.47 Å². The zero-order chi connectivity index (χ0) is 37.1. The second-order valence-corrected chi connectivity index (χ2v) is 13.7. The highest BCUT2D eigenvalue weighted by Crippen LogP contribution is 2.28. The van der Waals surface area contributed by atoms with Crippen LogP contribution in [0.25, 0.3) is 22.3 Å². The number of hydrogen-bond donors (Lipinski definition) is 0. The molecule has 0 N–H and O–H groups in total. The van der Waals surface area contributed by atoms with Crippen LogP contribution >= 0.6 is 0 Å². The van der Waals surface area contributed by atoms with Gasteiger partial charge in [0, 0.05) is 23.9 Å². The Bertz CT molecular complexity index is 1970. The van der Waals surface area contributed by atoms with E-state index < -0.39 is 5.97 Å². The molecular formula is C46H47NO7. The van der Waals surface area contributed by atoms with Crippen LogP contribution in [0.15, 0.2) is 121 Å². The van der Waals surface area contributed by atoms with Gasteiger partial charge >= 0.3 is 5.97 Å². The number of hydrogen-bond acceptors (Lipinski definition) is 7. The van der Waals surface area contributed by atoms with Gasteiger partial charge in [-0.1, -0.05) is 54.6 Å². The molecule has 0 bridgehead atoms. The molecule has 0 spiro atoms. The van der Waals surface area contributed by atoms with E-state index in [1.807, 2.05) is 97.9 Å². The van der Waals surface area contributed by atoms with Crippen LogP contribution in [0.5, 0.6) is 17.2 Å². The first kappa shape index (κ1) is 36.9. The Labute approximate surface area is 317 Å². The standard InChI is InChI=1S/C46H47NO7/c1-2-47(45(48)37-16-12-33(13-17-37)35-20-24-40(25-21-35)50-28-5-3-9-43-31-52-43)39-8-7-11-42(30-39)54-46(49)38-18-14-34(15-19-38)36-22-26-41(27-23-36)51-29-6-4-10-44-32-53-44/h7-8,11-27,30,43-44H,2-6,9-10,28-29,31-32H2,1H3. The van der Waals surface area contributed by atoms with Crippen molar-refractivity contribution >= 4 is 17.6 Å². The number of nitrogens with zero attached hydrogens (tertiary/aromatic N) is 1. The molecule has 2 fully saturated rings. The third kappa shape index (κ3) is 10.4. The summed E-state index contributed by atoms with van der Waals surface area (Å²) in [7, 11) is 0. The lowest BCUT2D eigenvalue weighted by Crippen LogP contribution is -2.30. The molecule has 2 atom stereocenters. The molecule has 0 radical (unpaired) electrons. The van der Waals surface area contributed by atoms with Crippen molar-refractivity contribution in [2.24, 2.45) is 0 Å². The van der Waals surface area contributed by atoms with Gasteiger partial charge in [-0.25, -0.2) is 4.79 Å². The van der Waals surface area contributed by atoms with E-state index >= 15 is 0 Å². The van der Waals surface area contributed by atoms with E-state index in [1.165, 1.54) is 0 Å². The highest BCUT2D eigenvalue weighted by atomic mass is 16.6. The maximum Gasteiger partial charge on any atom is 0.343 e. The van der Waals surface area contributed by atoms with Crippen molar-refractivity contribution in [3.8, 4) is 39.5 Å². The topological polar surface area (TPSA) is 90.1 Å². The predicted molar refractivity (Wildman–Crippen MR) is 211 cm³/mol. The van der Waals surface area contributed by atoms with E-state index in [1.54, 1.807) is 35.2 Å². The van der Waals surface area contributed by atoms with Gasteiger partial charge in [-0.15, -0.1) is 0 Å². The Morgan fingerprint density at radius 1 is 0.593 bits per heavy atom. The number of benzene rings is 5. The van der Waals surface area contributed by atoms with E-state index in [-0.39, 0.29) is 5.91 Å². The minimum absolute atomic E-state index is 0.140. The summed E-state index contributed by atoms with van der Waals surface area (Å²) in [6.45, 7) is 5.57. The maximum atomic E-state index is 13.7. The van der Waals surface area contributed by atoms with Crippen molar-refractivity contribution in [1.29, 1.82) is 0 Å². The average Bonchev–Trinajstić information content (AvgIpc) is 4.16. The van der Waals surface area contributed by atoms with Crippen molar-refractivity contribution in [3.63, 3.8) is 0 Å². The summed E-state index contributed by atoms with van der Waals surface area (Å²) in [5, 5.41) is 0. The van der Waals surface area contributed by atoms with Gasteiger partial charge in [0.15, 0.2) is 0 Å². The van der Waals surface area contributed by atoms with Crippen LogP contribution in [0, 0.1) is 0 Å². The highest BCUT2D eigenvalue weighted by Gasteiger charge is 2.22. The number of esters is 1. The minimum Gasteiger partial charge on any atom is -0.494 e. The Balaban J connectivity index is 0.903. The quantitative estimate of drug-likeness (QED) is 0.0362. The third-order valence-corrected chi connectivity index (χ3v) is 9.71. The highest BCUT2D eigenvalue weighted by molar-refractivity contribution is 6.06. The number of anilines is 1. The monoisotopic (exact) mass is 725 g/mol. The predicted octanol–water partition coefficient (Wildman–Crippen LogP) is 9.80. The fraction of sp³-hybridized carbons (Fsp3) is 0.304. The largest absolute Gasteiger partial charge is 0.494 e. The van der Waals surface area contributed by atoms with Gasteiger partial charge in [0.25, 0.3) is 5.91 Å². The molecule has 2 saturated heterocycles. The zero-order valence-electron chi connectivity index (χ0n) is 30.8. The van der Waals surface area contributed by atoms with Gasteiger partial charge in [-0.2, -0.15) is 0 Å². The first-order chi connectivity index (χ1) is 26.5. The Kier molecular flexibility index (Phi) is 12.3. The lowest BCUT2D eigenvalue weighted by molar-refractivity contribution is 0.0734. The summed E-state index contributed by atoms with van der Waals surface area (Å²) in [4.78, 5) is 28.5. The molecule has 2 heterocycles. The lowest BCUT2D eigenvalue weighted by atomic mass is 10.0. The van der Waals surface area contributed by atoms with E-state index in [0.29, 0.717) is 54.5 Å². The second-order valence-electron chi connectivity index (χ2n) is 13.7. The smallest absolute Gasteiger partial charge is 0.343 e. The van der Waals surface area contributed by atoms with Crippen LogP contribution < -0.4 is 19.1 Å². The van der Waals surface area contributed by atoms with Gasteiger partial charge in [0.1, 0.15) is 17.2 Å². The van der Waals surface area contributed by atoms with Gasteiger partial charge < -0.3 is 28.6 Å². The molecule has 7 rings (SSSR count). The third-order valence-electron chi connectivity index (χ3n) is 9.71. The number of unbranched alkanes of at least 4 members (excludes halogenated alkanes) is 2. The molecule has 0 aliphatic carbocycles. The van der Waals surface area contributed by atoms with Gasteiger partial charge in [0.05, 0.1) is 44.2 Å². The normalized spacial score (nSPS) is 15.6. The van der Waals surface area contributed by atoms with Gasteiger partial charge in [-0.3, -0.25) is 4.79 Å². The molecule has 2 aliphatic rings. The number of ether oxygens (including phenoxy) is 5. The Hall–Kier alpha value is -5.44. The molecule has 5 aromatic carbocycles. The molecule has 8 nitrogen and oxygen atoms in total. The number of epoxide rings is 2. The number of rotatable bonds is 19. The van der Waals surface area contributed by atoms with Crippen molar-refractivity contribution in [2.45, 2.75) is 57.7 Å². The summed E-state index contributed by atoms with van der Waals surface area (Å²) in [6, 6.07) is 38.0. The molecule has 5 aromatic rings. The van der Waals surface area contributed by atoms with Gasteiger partial charge in [0.2, 0.25) is 0 Å². The average molecular weight is 726 g/mol. The molecular weight excluding hydrogens is 679 g/mol. The van der Waals surface area contributed by atoms with Crippen LogP contribution in [-0.4, -0.2) is 57.1 Å². The summed E-state index contributed by atoms with van der Waals surface area (Å²) < 4.78 is 28.1. The molecule has 278 valence electrons. The molecule has 2 unspecified atom stereocenters. The molecule has 54 heavy (non-hydrogen) atoms.